The highest BCUT2D eigenvalue weighted by molar-refractivity contribution is 6.05. The molecule has 4 nitrogen and oxygen atoms in total. The van der Waals surface area contributed by atoms with Crippen molar-refractivity contribution in [3.8, 4) is 0 Å². The van der Waals surface area contributed by atoms with Gasteiger partial charge in [-0.05, 0) is 36.5 Å². The van der Waals surface area contributed by atoms with Crippen molar-refractivity contribution >= 4 is 11.8 Å². The smallest absolute Gasteiger partial charge is 0.246 e. The summed E-state index contributed by atoms with van der Waals surface area (Å²) in [4.78, 5) is 24.4. The fourth-order valence-corrected chi connectivity index (χ4v) is 2.93. The Kier molecular flexibility index (Phi) is 3.30. The van der Waals surface area contributed by atoms with Crippen molar-refractivity contribution in [2.45, 2.75) is 37.3 Å². The quantitative estimate of drug-likeness (QED) is 0.849. The molecule has 1 saturated carbocycles. The number of likely N-dealkylation sites (tertiary alicyclic amines) is 1. The first-order chi connectivity index (χ1) is 9.54. The van der Waals surface area contributed by atoms with Crippen molar-refractivity contribution in [3.63, 3.8) is 0 Å². The Hall–Kier alpha value is -1.75. The van der Waals surface area contributed by atoms with Crippen molar-refractivity contribution in [2.24, 2.45) is 0 Å². The molecule has 1 saturated heterocycles. The van der Waals surface area contributed by atoms with Crippen molar-refractivity contribution in [2.75, 3.05) is 7.05 Å². The van der Waals surface area contributed by atoms with Crippen LogP contribution in [-0.2, 0) is 9.59 Å². The highest BCUT2D eigenvalue weighted by Gasteiger charge is 2.40. The third-order valence-electron chi connectivity index (χ3n) is 4.30. The molecule has 1 aromatic rings. The Bertz CT molecular complexity index is 537. The largest absolute Gasteiger partial charge is 0.303 e. The second-order valence-electron chi connectivity index (χ2n) is 5.63. The number of hydrogen-bond acceptors (Lipinski definition) is 3. The standard InChI is InChI=1S/C15H17FN2O2/c1-18-14(19)8-13(15(18)20)17-12-6-10(7-12)9-2-4-11(16)5-3-9/h2-5,10,12-13,17H,6-8H2,1H3. The Morgan fingerprint density at radius 1 is 1.20 bits per heavy atom. The zero-order valence-electron chi connectivity index (χ0n) is 11.3. The number of imide groups is 1. The molecule has 2 aliphatic rings. The molecule has 106 valence electrons. The van der Waals surface area contributed by atoms with Crippen LogP contribution >= 0.6 is 0 Å². The number of likely N-dealkylation sites (N-methyl/N-ethyl adjacent to an activating group) is 1. The summed E-state index contributed by atoms with van der Waals surface area (Å²) in [6.45, 7) is 0. The minimum absolute atomic E-state index is 0.123. The molecule has 1 heterocycles. The van der Waals surface area contributed by atoms with Gasteiger partial charge in [-0.15, -0.1) is 0 Å². The van der Waals surface area contributed by atoms with Crippen LogP contribution in [-0.4, -0.2) is 35.8 Å². The van der Waals surface area contributed by atoms with Gasteiger partial charge in [-0.25, -0.2) is 4.39 Å². The molecule has 1 aromatic carbocycles. The van der Waals surface area contributed by atoms with Gasteiger partial charge in [-0.2, -0.15) is 0 Å². The molecule has 1 N–H and O–H groups in total. The summed E-state index contributed by atoms with van der Waals surface area (Å²) in [7, 11) is 1.52. The lowest BCUT2D eigenvalue weighted by Crippen LogP contribution is -2.48. The molecule has 0 aromatic heterocycles. The van der Waals surface area contributed by atoms with Gasteiger partial charge >= 0.3 is 0 Å². The van der Waals surface area contributed by atoms with Gasteiger partial charge in [0.15, 0.2) is 0 Å². The fraction of sp³-hybridized carbons (Fsp3) is 0.467. The molecule has 20 heavy (non-hydrogen) atoms. The molecule has 2 amide bonds. The van der Waals surface area contributed by atoms with E-state index in [9.17, 15) is 14.0 Å². The van der Waals surface area contributed by atoms with E-state index in [4.69, 9.17) is 0 Å². The normalized spacial score (nSPS) is 29.7. The van der Waals surface area contributed by atoms with Gasteiger partial charge < -0.3 is 5.32 Å². The van der Waals surface area contributed by atoms with Crippen LogP contribution in [0.2, 0.25) is 0 Å². The number of nitrogens with one attached hydrogen (secondary N) is 1. The third-order valence-corrected chi connectivity index (χ3v) is 4.30. The summed E-state index contributed by atoms with van der Waals surface area (Å²) in [5.41, 5.74) is 1.13. The van der Waals surface area contributed by atoms with Crippen LogP contribution in [0.1, 0.15) is 30.7 Å². The molecule has 5 heteroatoms. The van der Waals surface area contributed by atoms with Gasteiger partial charge in [-0.3, -0.25) is 14.5 Å². The Balaban J connectivity index is 1.53. The van der Waals surface area contributed by atoms with Crippen molar-refractivity contribution < 1.29 is 14.0 Å². The van der Waals surface area contributed by atoms with Crippen LogP contribution in [0.5, 0.6) is 0 Å². The second kappa shape index (κ2) is 4.98. The van der Waals surface area contributed by atoms with Gasteiger partial charge in [0, 0.05) is 13.1 Å². The zero-order chi connectivity index (χ0) is 14.3. The van der Waals surface area contributed by atoms with E-state index in [-0.39, 0.29) is 36.1 Å². The van der Waals surface area contributed by atoms with Crippen LogP contribution < -0.4 is 5.32 Å². The molecule has 3 rings (SSSR count). The van der Waals surface area contributed by atoms with Crippen LogP contribution in [0.4, 0.5) is 4.39 Å². The Labute approximate surface area is 117 Å². The van der Waals surface area contributed by atoms with E-state index in [0.717, 1.165) is 18.4 Å². The molecule has 0 radical (unpaired) electrons. The molecular weight excluding hydrogens is 259 g/mol. The predicted molar refractivity (Wildman–Crippen MR) is 71.5 cm³/mol. The van der Waals surface area contributed by atoms with Crippen LogP contribution in [0.3, 0.4) is 0 Å². The minimum atomic E-state index is -0.369. The van der Waals surface area contributed by atoms with Crippen molar-refractivity contribution in [3.05, 3.63) is 35.6 Å². The van der Waals surface area contributed by atoms with E-state index in [1.54, 1.807) is 0 Å². The zero-order valence-corrected chi connectivity index (χ0v) is 11.3. The predicted octanol–water partition coefficient (Wildman–Crippen LogP) is 1.42. The van der Waals surface area contributed by atoms with Crippen molar-refractivity contribution in [1.82, 2.24) is 10.2 Å². The summed E-state index contributed by atoms with van der Waals surface area (Å²) in [5.74, 6) is -0.0685. The number of nitrogens with zero attached hydrogens (tertiary/aromatic N) is 1. The second-order valence-corrected chi connectivity index (χ2v) is 5.63. The highest BCUT2D eigenvalue weighted by atomic mass is 19.1. The third kappa shape index (κ3) is 2.33. The lowest BCUT2D eigenvalue weighted by Gasteiger charge is -2.37. The first kappa shape index (κ1) is 13.2. The molecule has 2 fully saturated rings. The van der Waals surface area contributed by atoms with Crippen LogP contribution in [0.15, 0.2) is 24.3 Å². The molecule has 1 atom stereocenters. The number of carbonyl (C=O) groups is 2. The highest BCUT2D eigenvalue weighted by Crippen LogP contribution is 2.37. The van der Waals surface area contributed by atoms with Gasteiger partial charge in [0.2, 0.25) is 11.8 Å². The van der Waals surface area contributed by atoms with E-state index >= 15 is 0 Å². The summed E-state index contributed by atoms with van der Waals surface area (Å²) in [6, 6.07) is 6.47. The topological polar surface area (TPSA) is 49.4 Å². The molecular formula is C15H17FN2O2. The molecule has 1 unspecified atom stereocenters. The van der Waals surface area contributed by atoms with Crippen LogP contribution in [0.25, 0.3) is 0 Å². The lowest BCUT2D eigenvalue weighted by atomic mass is 9.75. The SMILES string of the molecule is CN1C(=O)CC(NC2CC(c3ccc(F)cc3)C2)C1=O. The average Bonchev–Trinajstić information content (AvgIpc) is 2.62. The first-order valence-corrected chi connectivity index (χ1v) is 6.86. The number of rotatable bonds is 3. The number of halogens is 1. The molecule has 0 bridgehead atoms. The lowest BCUT2D eigenvalue weighted by molar-refractivity contribution is -0.137. The summed E-state index contributed by atoms with van der Waals surface area (Å²) in [5, 5.41) is 3.25. The maximum absolute atomic E-state index is 12.8. The van der Waals surface area contributed by atoms with Gasteiger partial charge in [0.05, 0.1) is 12.5 Å². The van der Waals surface area contributed by atoms with E-state index < -0.39 is 0 Å². The van der Waals surface area contributed by atoms with Gasteiger partial charge in [-0.1, -0.05) is 12.1 Å². The van der Waals surface area contributed by atoms with E-state index in [2.05, 4.69) is 5.32 Å². The number of amides is 2. The summed E-state index contributed by atoms with van der Waals surface area (Å²) < 4.78 is 12.8. The van der Waals surface area contributed by atoms with Crippen molar-refractivity contribution in [1.29, 1.82) is 0 Å². The van der Waals surface area contributed by atoms with E-state index in [1.165, 1.54) is 24.1 Å². The van der Waals surface area contributed by atoms with Gasteiger partial charge in [0.1, 0.15) is 5.82 Å². The maximum atomic E-state index is 12.8. The number of benzene rings is 1. The Morgan fingerprint density at radius 3 is 2.40 bits per heavy atom. The first-order valence-electron chi connectivity index (χ1n) is 6.86. The number of hydrogen-bond donors (Lipinski definition) is 1. The van der Waals surface area contributed by atoms with E-state index in [0.29, 0.717) is 5.92 Å². The van der Waals surface area contributed by atoms with Gasteiger partial charge in [0.25, 0.3) is 0 Å². The summed E-state index contributed by atoms with van der Waals surface area (Å²) >= 11 is 0. The molecule has 1 aliphatic heterocycles. The Morgan fingerprint density at radius 2 is 1.85 bits per heavy atom. The number of carbonyl (C=O) groups excluding carboxylic acids is 2. The summed E-state index contributed by atoms with van der Waals surface area (Å²) in [6.07, 6.45) is 2.10. The molecule has 1 aliphatic carbocycles. The van der Waals surface area contributed by atoms with Crippen LogP contribution in [0, 0.1) is 5.82 Å². The maximum Gasteiger partial charge on any atom is 0.246 e. The monoisotopic (exact) mass is 276 g/mol. The fourth-order valence-electron chi connectivity index (χ4n) is 2.93. The molecule has 0 spiro atoms. The average molecular weight is 276 g/mol. The van der Waals surface area contributed by atoms with E-state index in [1.807, 2.05) is 12.1 Å². The minimum Gasteiger partial charge on any atom is -0.303 e.